The maximum Gasteiger partial charge on any atom is 0.313 e. The van der Waals surface area contributed by atoms with Gasteiger partial charge in [0, 0.05) is 0 Å². The molecule has 1 atom stereocenters. The lowest BCUT2D eigenvalue weighted by atomic mass is 9.77. The molecule has 1 N–H and O–H groups in total. The minimum absolute atomic E-state index is 0.625. The lowest BCUT2D eigenvalue weighted by molar-refractivity contribution is -0.146. The van der Waals surface area contributed by atoms with Crippen molar-refractivity contribution in [1.29, 1.82) is 0 Å². The zero-order chi connectivity index (χ0) is 12.6. The second-order valence-corrected chi connectivity index (χ2v) is 4.97. The monoisotopic (exact) mass is 236 g/mol. The number of carboxylic acid groups (broad SMARTS) is 1. The Labute approximate surface area is 104 Å². The third-order valence-corrected chi connectivity index (χ3v) is 3.55. The summed E-state index contributed by atoms with van der Waals surface area (Å²) in [7, 11) is 0. The zero-order valence-electron chi connectivity index (χ0n) is 10.8. The quantitative estimate of drug-likeness (QED) is 0.637. The number of hydrogen-bond acceptors (Lipinski definition) is 1. The maximum absolute atomic E-state index is 11.4. The number of rotatable bonds is 8. The average molecular weight is 236 g/mol. The van der Waals surface area contributed by atoms with Gasteiger partial charge in [-0.15, -0.1) is 0 Å². The van der Waals surface area contributed by atoms with Crippen LogP contribution in [0.25, 0.3) is 0 Å². The number of aliphatic carboxylic acids is 1. The van der Waals surface area contributed by atoms with Crippen molar-refractivity contribution in [3.8, 4) is 0 Å². The third-order valence-electron chi connectivity index (χ3n) is 3.55. The van der Waals surface area contributed by atoms with Crippen molar-refractivity contribution >= 4 is 5.97 Å². The molecule has 2 nitrogen and oxygen atoms in total. The Morgan fingerprint density at radius 1 is 1.18 bits per heavy atom. The molecule has 2 heteroatoms. The van der Waals surface area contributed by atoms with E-state index in [2.05, 4.69) is 6.92 Å². The minimum atomic E-state index is -0.674. The summed E-state index contributed by atoms with van der Waals surface area (Å²) in [6.45, 7) is 2.21. The molecule has 0 fully saturated rings. The Balaban J connectivity index is 2.29. The van der Waals surface area contributed by atoms with Gasteiger partial charge < -0.3 is 5.11 Å². The first-order valence-corrected chi connectivity index (χ1v) is 6.79. The van der Waals surface area contributed by atoms with Crippen LogP contribution in [-0.4, -0.2) is 11.1 Å². The molecule has 0 aromatic carbocycles. The fraction of sp³-hybridized carbons (Fsp3) is 0.667. The number of allylic oxidation sites excluding steroid dienone is 3. The van der Waals surface area contributed by atoms with E-state index in [1.165, 1.54) is 25.7 Å². The highest BCUT2D eigenvalue weighted by Gasteiger charge is 2.34. The molecule has 0 bridgehead atoms. The largest absolute Gasteiger partial charge is 0.481 e. The van der Waals surface area contributed by atoms with E-state index in [1.54, 1.807) is 0 Å². The molecule has 0 aromatic rings. The van der Waals surface area contributed by atoms with Crippen LogP contribution in [0.4, 0.5) is 0 Å². The second kappa shape index (κ2) is 7.31. The van der Waals surface area contributed by atoms with Gasteiger partial charge in [-0.05, 0) is 12.8 Å². The van der Waals surface area contributed by atoms with E-state index in [4.69, 9.17) is 0 Å². The van der Waals surface area contributed by atoms with E-state index < -0.39 is 11.4 Å². The van der Waals surface area contributed by atoms with Gasteiger partial charge >= 0.3 is 5.97 Å². The fourth-order valence-corrected chi connectivity index (χ4v) is 2.34. The lowest BCUT2D eigenvalue weighted by Gasteiger charge is -2.26. The summed E-state index contributed by atoms with van der Waals surface area (Å²) < 4.78 is 0. The first kappa shape index (κ1) is 14.0. The third kappa shape index (κ3) is 4.37. The predicted molar refractivity (Wildman–Crippen MR) is 71.0 cm³/mol. The van der Waals surface area contributed by atoms with Gasteiger partial charge in [0.2, 0.25) is 0 Å². The molecular weight excluding hydrogens is 212 g/mol. The highest BCUT2D eigenvalue weighted by atomic mass is 16.4. The molecule has 0 amide bonds. The van der Waals surface area contributed by atoms with Crippen molar-refractivity contribution in [2.24, 2.45) is 5.41 Å². The van der Waals surface area contributed by atoms with Crippen LogP contribution in [0.3, 0.4) is 0 Å². The molecule has 17 heavy (non-hydrogen) atoms. The van der Waals surface area contributed by atoms with Crippen LogP contribution in [0, 0.1) is 5.41 Å². The Hall–Kier alpha value is -1.05. The van der Waals surface area contributed by atoms with Gasteiger partial charge in [0.05, 0.1) is 5.41 Å². The number of carboxylic acids is 1. The van der Waals surface area contributed by atoms with E-state index >= 15 is 0 Å². The van der Waals surface area contributed by atoms with Gasteiger partial charge in [-0.2, -0.15) is 0 Å². The summed E-state index contributed by atoms with van der Waals surface area (Å²) in [4.78, 5) is 11.4. The molecule has 0 aliphatic heterocycles. The molecule has 1 aliphatic carbocycles. The van der Waals surface area contributed by atoms with Gasteiger partial charge in [-0.25, -0.2) is 0 Å². The SMILES string of the molecule is CCCCCCCCC1(C(=O)O)C=CC=CC1. The molecule has 0 saturated carbocycles. The van der Waals surface area contributed by atoms with Gasteiger partial charge in [-0.1, -0.05) is 69.8 Å². The van der Waals surface area contributed by atoms with Crippen LogP contribution in [0.2, 0.25) is 0 Å². The van der Waals surface area contributed by atoms with Crippen LogP contribution in [0.5, 0.6) is 0 Å². The van der Waals surface area contributed by atoms with Gasteiger partial charge in [0.15, 0.2) is 0 Å². The van der Waals surface area contributed by atoms with Crippen LogP contribution >= 0.6 is 0 Å². The Morgan fingerprint density at radius 3 is 2.47 bits per heavy atom. The molecular formula is C15H24O2. The Bertz CT molecular complexity index is 291. The molecule has 1 aliphatic rings. The summed E-state index contributed by atoms with van der Waals surface area (Å²) in [6.07, 6.45) is 16.3. The Kier molecular flexibility index (Phi) is 6.03. The summed E-state index contributed by atoms with van der Waals surface area (Å²) in [5.74, 6) is -0.674. The number of carbonyl (C=O) groups is 1. The van der Waals surface area contributed by atoms with E-state index in [0.717, 1.165) is 19.3 Å². The topological polar surface area (TPSA) is 37.3 Å². The highest BCUT2D eigenvalue weighted by Crippen LogP contribution is 2.34. The lowest BCUT2D eigenvalue weighted by Crippen LogP contribution is -2.29. The summed E-state index contributed by atoms with van der Waals surface area (Å²) in [6, 6.07) is 0. The van der Waals surface area contributed by atoms with Crippen LogP contribution in [-0.2, 0) is 4.79 Å². The Morgan fingerprint density at radius 2 is 1.88 bits per heavy atom. The summed E-state index contributed by atoms with van der Waals surface area (Å²) in [5.41, 5.74) is -0.625. The summed E-state index contributed by atoms with van der Waals surface area (Å²) in [5, 5.41) is 9.34. The van der Waals surface area contributed by atoms with E-state index in [0.29, 0.717) is 6.42 Å². The van der Waals surface area contributed by atoms with E-state index in [-0.39, 0.29) is 0 Å². The standard InChI is InChI=1S/C15H24O2/c1-2-3-4-5-6-8-11-15(14(16)17)12-9-7-10-13-15/h7,9-10,12H,2-6,8,11,13H2,1H3,(H,16,17). The molecule has 0 spiro atoms. The predicted octanol–water partition coefficient (Wildman–Crippen LogP) is 4.32. The smallest absolute Gasteiger partial charge is 0.313 e. The van der Waals surface area contributed by atoms with Crippen molar-refractivity contribution in [3.05, 3.63) is 24.3 Å². The molecule has 0 radical (unpaired) electrons. The van der Waals surface area contributed by atoms with Crippen molar-refractivity contribution < 1.29 is 9.90 Å². The molecule has 1 unspecified atom stereocenters. The number of hydrogen-bond donors (Lipinski definition) is 1. The van der Waals surface area contributed by atoms with Gasteiger partial charge in [0.25, 0.3) is 0 Å². The first-order valence-electron chi connectivity index (χ1n) is 6.79. The molecule has 96 valence electrons. The normalized spacial score (nSPS) is 22.9. The first-order chi connectivity index (χ1) is 8.21. The minimum Gasteiger partial charge on any atom is -0.481 e. The zero-order valence-corrected chi connectivity index (χ0v) is 10.8. The van der Waals surface area contributed by atoms with Gasteiger partial charge in [-0.3, -0.25) is 4.79 Å². The highest BCUT2D eigenvalue weighted by molar-refractivity contribution is 5.77. The van der Waals surface area contributed by atoms with Crippen molar-refractivity contribution in [2.75, 3.05) is 0 Å². The van der Waals surface area contributed by atoms with Crippen LogP contribution in [0.1, 0.15) is 58.3 Å². The van der Waals surface area contributed by atoms with E-state index in [9.17, 15) is 9.90 Å². The van der Waals surface area contributed by atoms with Gasteiger partial charge in [0.1, 0.15) is 0 Å². The van der Waals surface area contributed by atoms with Crippen molar-refractivity contribution in [1.82, 2.24) is 0 Å². The molecule has 1 rings (SSSR count). The fourth-order valence-electron chi connectivity index (χ4n) is 2.34. The van der Waals surface area contributed by atoms with Crippen LogP contribution in [0.15, 0.2) is 24.3 Å². The molecule has 0 heterocycles. The molecule has 0 saturated heterocycles. The summed E-state index contributed by atoms with van der Waals surface area (Å²) >= 11 is 0. The second-order valence-electron chi connectivity index (χ2n) is 4.97. The molecule has 0 aromatic heterocycles. The number of unbranched alkanes of at least 4 members (excludes halogenated alkanes) is 5. The van der Waals surface area contributed by atoms with E-state index in [1.807, 2.05) is 24.3 Å². The van der Waals surface area contributed by atoms with Crippen LogP contribution < -0.4 is 0 Å². The maximum atomic E-state index is 11.4. The average Bonchev–Trinajstić information content (AvgIpc) is 2.34. The van der Waals surface area contributed by atoms with Crippen molar-refractivity contribution in [2.45, 2.75) is 58.3 Å². The van der Waals surface area contributed by atoms with Crippen molar-refractivity contribution in [3.63, 3.8) is 0 Å².